The minimum Gasteiger partial charge on any atom is -0.507 e. The molecular formula is C24H29N3O3. The number of likely N-dealkylation sites (N-methyl/N-ethyl adjacent to an activating group) is 1. The Morgan fingerprint density at radius 3 is 2.33 bits per heavy atom. The number of ketones is 1. The molecule has 6 heteroatoms. The van der Waals surface area contributed by atoms with Gasteiger partial charge < -0.3 is 19.6 Å². The minimum atomic E-state index is -0.140. The lowest BCUT2D eigenvalue weighted by atomic mass is 10.0. The van der Waals surface area contributed by atoms with Crippen molar-refractivity contribution in [3.8, 4) is 11.5 Å². The maximum Gasteiger partial charge on any atom is 0.231 e. The van der Waals surface area contributed by atoms with Crippen LogP contribution in [0.15, 0.2) is 42.2 Å². The molecule has 0 amide bonds. The largest absolute Gasteiger partial charge is 0.507 e. The first-order valence-corrected chi connectivity index (χ1v) is 10.5. The second-order valence-corrected chi connectivity index (χ2v) is 8.08. The van der Waals surface area contributed by atoms with Crippen molar-refractivity contribution in [2.45, 2.75) is 13.5 Å². The van der Waals surface area contributed by atoms with E-state index in [4.69, 9.17) is 4.74 Å². The zero-order chi connectivity index (χ0) is 21.3. The molecule has 2 aromatic rings. The summed E-state index contributed by atoms with van der Waals surface area (Å²) in [6.07, 6.45) is 1.77. The number of hydrogen-bond donors (Lipinski definition) is 1. The van der Waals surface area contributed by atoms with Gasteiger partial charge in [0.1, 0.15) is 11.5 Å². The number of fused-ring (bicyclic) bond motifs is 1. The molecule has 0 bridgehead atoms. The number of carbonyl (C=O) groups excluding carboxylic acids is 1. The van der Waals surface area contributed by atoms with Crippen LogP contribution in [0.2, 0.25) is 0 Å². The summed E-state index contributed by atoms with van der Waals surface area (Å²) in [5, 5.41) is 10.5. The second-order valence-electron chi connectivity index (χ2n) is 8.08. The Labute approximate surface area is 178 Å². The van der Waals surface area contributed by atoms with E-state index in [2.05, 4.69) is 16.7 Å². The van der Waals surface area contributed by atoms with Crippen molar-refractivity contribution in [2.24, 2.45) is 0 Å². The first kappa shape index (κ1) is 20.4. The van der Waals surface area contributed by atoms with Gasteiger partial charge in [0.2, 0.25) is 5.78 Å². The van der Waals surface area contributed by atoms with Crippen LogP contribution in [0.4, 0.5) is 5.69 Å². The van der Waals surface area contributed by atoms with Crippen LogP contribution in [0, 0.1) is 0 Å². The molecule has 1 saturated heterocycles. The Hall–Kier alpha value is -2.83. The lowest BCUT2D eigenvalue weighted by molar-refractivity contribution is 0.101. The highest BCUT2D eigenvalue weighted by Crippen LogP contribution is 2.40. The van der Waals surface area contributed by atoms with Crippen molar-refractivity contribution in [3.63, 3.8) is 0 Å². The van der Waals surface area contributed by atoms with Gasteiger partial charge in [0.05, 0.1) is 11.1 Å². The number of hydrogen-bond acceptors (Lipinski definition) is 6. The lowest BCUT2D eigenvalue weighted by Gasteiger charge is -2.34. The number of allylic oxidation sites excluding steroid dienone is 1. The first-order chi connectivity index (χ1) is 14.5. The molecule has 0 atom stereocenters. The van der Waals surface area contributed by atoms with Crippen LogP contribution in [0.1, 0.15) is 28.4 Å². The first-order valence-electron chi connectivity index (χ1n) is 10.5. The Morgan fingerprint density at radius 2 is 1.70 bits per heavy atom. The van der Waals surface area contributed by atoms with Crippen molar-refractivity contribution in [2.75, 3.05) is 51.7 Å². The van der Waals surface area contributed by atoms with Crippen LogP contribution < -0.4 is 9.64 Å². The van der Waals surface area contributed by atoms with Crippen LogP contribution >= 0.6 is 0 Å². The van der Waals surface area contributed by atoms with E-state index in [9.17, 15) is 9.90 Å². The number of phenols is 1. The van der Waals surface area contributed by atoms with Crippen molar-refractivity contribution in [1.82, 2.24) is 9.80 Å². The summed E-state index contributed by atoms with van der Waals surface area (Å²) >= 11 is 0. The molecule has 1 fully saturated rings. The maximum atomic E-state index is 12.9. The van der Waals surface area contributed by atoms with Crippen LogP contribution in [-0.2, 0) is 6.54 Å². The molecule has 30 heavy (non-hydrogen) atoms. The van der Waals surface area contributed by atoms with Crippen molar-refractivity contribution in [1.29, 1.82) is 0 Å². The number of nitrogens with zero attached hydrogens (tertiary/aromatic N) is 3. The van der Waals surface area contributed by atoms with Crippen LogP contribution in [0.3, 0.4) is 0 Å². The Kier molecular flexibility index (Phi) is 5.79. The number of carbonyl (C=O) groups is 1. The van der Waals surface area contributed by atoms with Crippen molar-refractivity contribution < 1.29 is 14.6 Å². The molecule has 0 unspecified atom stereocenters. The second kappa shape index (κ2) is 8.50. The van der Waals surface area contributed by atoms with E-state index in [1.54, 1.807) is 18.2 Å². The number of ether oxygens (including phenoxy) is 1. The molecule has 0 aromatic heterocycles. The topological polar surface area (TPSA) is 56.2 Å². The fourth-order valence-corrected chi connectivity index (χ4v) is 3.96. The molecule has 2 aromatic carbocycles. The third kappa shape index (κ3) is 4.06. The number of phenolic OH excluding ortho intramolecular Hbond substituents is 1. The Morgan fingerprint density at radius 1 is 1.03 bits per heavy atom. The van der Waals surface area contributed by atoms with Crippen LogP contribution in [-0.4, -0.2) is 67.5 Å². The SMILES string of the molecule is CCN1CCN(Cc2c(O)ccc3c2O/C(=C\c2ccc(N(C)C)cc2)C3=O)CC1. The predicted molar refractivity (Wildman–Crippen MR) is 119 cm³/mol. The van der Waals surface area contributed by atoms with Crippen LogP contribution in [0.5, 0.6) is 11.5 Å². The fraction of sp³-hybridized carbons (Fsp3) is 0.375. The molecule has 2 heterocycles. The average Bonchev–Trinajstić information content (AvgIpc) is 3.06. The van der Waals surface area contributed by atoms with Gasteiger partial charge in [-0.05, 0) is 42.4 Å². The fourth-order valence-electron chi connectivity index (χ4n) is 3.96. The van der Waals surface area contributed by atoms with Gasteiger partial charge in [-0.1, -0.05) is 19.1 Å². The number of benzene rings is 2. The number of anilines is 1. The Bertz CT molecular complexity index is 958. The van der Waals surface area contributed by atoms with Gasteiger partial charge in [0, 0.05) is 52.5 Å². The molecule has 2 aliphatic rings. The van der Waals surface area contributed by atoms with E-state index < -0.39 is 0 Å². The highest BCUT2D eigenvalue weighted by atomic mass is 16.5. The van der Waals surface area contributed by atoms with E-state index in [-0.39, 0.29) is 11.5 Å². The van der Waals surface area contributed by atoms with E-state index >= 15 is 0 Å². The minimum absolute atomic E-state index is 0.140. The molecule has 4 rings (SSSR count). The standard InChI is InChI=1S/C24H29N3O3/c1-4-26-11-13-27(14-12-26)16-20-21(28)10-9-19-23(29)22(30-24(19)20)15-17-5-7-18(8-6-17)25(2)3/h5-10,15,28H,4,11-14,16H2,1-3H3/b22-15-. The van der Waals surface area contributed by atoms with Gasteiger partial charge in [-0.25, -0.2) is 0 Å². The predicted octanol–water partition coefficient (Wildman–Crippen LogP) is 3.21. The van der Waals surface area contributed by atoms with Crippen molar-refractivity contribution in [3.05, 3.63) is 58.8 Å². The number of Topliss-reactive ketones (excluding diaryl/α,β-unsaturated/α-hetero) is 1. The number of rotatable bonds is 5. The smallest absolute Gasteiger partial charge is 0.231 e. The Balaban J connectivity index is 1.56. The van der Waals surface area contributed by atoms with Gasteiger partial charge in [0.15, 0.2) is 5.76 Å². The summed E-state index contributed by atoms with van der Waals surface area (Å²) in [6.45, 7) is 7.71. The summed E-state index contributed by atoms with van der Waals surface area (Å²) < 4.78 is 6.00. The van der Waals surface area contributed by atoms with E-state index in [0.29, 0.717) is 29.2 Å². The van der Waals surface area contributed by atoms with E-state index in [1.165, 1.54) is 0 Å². The molecule has 6 nitrogen and oxygen atoms in total. The summed E-state index contributed by atoms with van der Waals surface area (Å²) in [4.78, 5) is 19.7. The zero-order valence-corrected chi connectivity index (χ0v) is 17.9. The average molecular weight is 408 g/mol. The summed E-state index contributed by atoms with van der Waals surface area (Å²) in [5.74, 6) is 0.828. The molecule has 158 valence electrons. The number of piperazine rings is 1. The van der Waals surface area contributed by atoms with Gasteiger partial charge in [-0.3, -0.25) is 9.69 Å². The van der Waals surface area contributed by atoms with Crippen molar-refractivity contribution >= 4 is 17.5 Å². The maximum absolute atomic E-state index is 12.9. The third-order valence-electron chi connectivity index (χ3n) is 5.92. The molecule has 0 aliphatic carbocycles. The molecule has 0 saturated carbocycles. The third-order valence-corrected chi connectivity index (χ3v) is 5.92. The van der Waals surface area contributed by atoms with Gasteiger partial charge >= 0.3 is 0 Å². The van der Waals surface area contributed by atoms with Gasteiger partial charge in [-0.2, -0.15) is 0 Å². The molecule has 0 spiro atoms. The van der Waals surface area contributed by atoms with E-state index in [1.807, 2.05) is 43.3 Å². The van der Waals surface area contributed by atoms with E-state index in [0.717, 1.165) is 44.0 Å². The lowest BCUT2D eigenvalue weighted by Crippen LogP contribution is -2.45. The van der Waals surface area contributed by atoms with Crippen LogP contribution in [0.25, 0.3) is 6.08 Å². The van der Waals surface area contributed by atoms with Gasteiger partial charge in [-0.15, -0.1) is 0 Å². The quantitative estimate of drug-likeness (QED) is 0.768. The summed E-state index contributed by atoms with van der Waals surface area (Å²) in [5.41, 5.74) is 3.20. The molecule has 0 radical (unpaired) electrons. The van der Waals surface area contributed by atoms with Gasteiger partial charge in [0.25, 0.3) is 0 Å². The zero-order valence-electron chi connectivity index (χ0n) is 17.9. The molecule has 1 N–H and O–H groups in total. The molecule has 2 aliphatic heterocycles. The monoisotopic (exact) mass is 407 g/mol. The highest BCUT2D eigenvalue weighted by Gasteiger charge is 2.32. The number of aromatic hydroxyl groups is 1. The molecular weight excluding hydrogens is 378 g/mol. The highest BCUT2D eigenvalue weighted by molar-refractivity contribution is 6.15. The normalized spacial score (nSPS) is 18.5. The summed E-state index contributed by atoms with van der Waals surface area (Å²) in [7, 11) is 3.98. The summed E-state index contributed by atoms with van der Waals surface area (Å²) in [6, 6.07) is 11.2.